The van der Waals surface area contributed by atoms with Crippen LogP contribution in [0.15, 0.2) is 12.1 Å². The third-order valence-corrected chi connectivity index (χ3v) is 1.61. The van der Waals surface area contributed by atoms with E-state index in [-0.39, 0.29) is 17.1 Å². The molecule has 0 aromatic heterocycles. The van der Waals surface area contributed by atoms with E-state index in [1.54, 1.807) is 0 Å². The van der Waals surface area contributed by atoms with E-state index < -0.39 is 5.82 Å². The molecule has 0 radical (unpaired) electrons. The number of nitrogens with zero attached hydrogens (tertiary/aromatic N) is 1. The van der Waals surface area contributed by atoms with Crippen LogP contribution >= 0.6 is 0 Å². The highest BCUT2D eigenvalue weighted by Gasteiger charge is 2.13. The van der Waals surface area contributed by atoms with Gasteiger partial charge in [-0.15, -0.1) is 0 Å². The standard InChI is InChI=1S/C9H8FNO2/c1-12-7-4-3-6(5-11)9(13-2)8(7)10/h3-4H,1-2H3. The van der Waals surface area contributed by atoms with Crippen LogP contribution in [0.1, 0.15) is 5.56 Å². The molecule has 3 nitrogen and oxygen atoms in total. The number of methoxy groups -OCH3 is 2. The van der Waals surface area contributed by atoms with Gasteiger partial charge in [0.05, 0.1) is 19.8 Å². The fourth-order valence-electron chi connectivity index (χ4n) is 0.983. The van der Waals surface area contributed by atoms with E-state index in [9.17, 15) is 4.39 Å². The summed E-state index contributed by atoms with van der Waals surface area (Å²) >= 11 is 0. The molecule has 0 heterocycles. The Bertz CT molecular complexity index is 357. The van der Waals surface area contributed by atoms with Gasteiger partial charge in [0.1, 0.15) is 6.07 Å². The van der Waals surface area contributed by atoms with Crippen LogP contribution in [-0.4, -0.2) is 14.2 Å². The maximum atomic E-state index is 13.3. The minimum absolute atomic E-state index is 0.0656. The molecule has 0 N–H and O–H groups in total. The summed E-state index contributed by atoms with van der Waals surface area (Å²) in [5.41, 5.74) is 0.154. The van der Waals surface area contributed by atoms with Crippen molar-refractivity contribution in [3.05, 3.63) is 23.5 Å². The first-order chi connectivity index (χ1) is 6.24. The van der Waals surface area contributed by atoms with Crippen molar-refractivity contribution in [2.75, 3.05) is 14.2 Å². The molecule has 13 heavy (non-hydrogen) atoms. The van der Waals surface area contributed by atoms with E-state index in [2.05, 4.69) is 0 Å². The highest BCUT2D eigenvalue weighted by atomic mass is 19.1. The van der Waals surface area contributed by atoms with Crippen LogP contribution in [0, 0.1) is 17.1 Å². The van der Waals surface area contributed by atoms with Crippen molar-refractivity contribution in [1.82, 2.24) is 0 Å². The molecule has 0 atom stereocenters. The van der Waals surface area contributed by atoms with Gasteiger partial charge in [-0.2, -0.15) is 9.65 Å². The molecule has 1 rings (SSSR count). The van der Waals surface area contributed by atoms with Crippen LogP contribution in [0.25, 0.3) is 0 Å². The van der Waals surface area contributed by atoms with Crippen molar-refractivity contribution in [2.45, 2.75) is 0 Å². The van der Waals surface area contributed by atoms with Gasteiger partial charge in [0, 0.05) is 0 Å². The molecule has 4 heteroatoms. The number of hydrogen-bond acceptors (Lipinski definition) is 3. The third kappa shape index (κ3) is 1.54. The van der Waals surface area contributed by atoms with E-state index >= 15 is 0 Å². The predicted molar refractivity (Wildman–Crippen MR) is 44.2 cm³/mol. The van der Waals surface area contributed by atoms with Crippen molar-refractivity contribution in [3.8, 4) is 17.6 Å². The molecule has 0 fully saturated rings. The minimum Gasteiger partial charge on any atom is -0.494 e. The highest BCUT2D eigenvalue weighted by molar-refractivity contribution is 5.48. The zero-order chi connectivity index (χ0) is 9.84. The Balaban J connectivity index is 3.34. The van der Waals surface area contributed by atoms with Gasteiger partial charge in [0.15, 0.2) is 11.5 Å². The minimum atomic E-state index is -0.649. The number of benzene rings is 1. The normalized spacial score (nSPS) is 9.08. The van der Waals surface area contributed by atoms with Crippen LogP contribution in [0.4, 0.5) is 4.39 Å². The lowest BCUT2D eigenvalue weighted by Crippen LogP contribution is -1.95. The summed E-state index contributed by atoms with van der Waals surface area (Å²) < 4.78 is 22.8. The average molecular weight is 181 g/mol. The smallest absolute Gasteiger partial charge is 0.208 e. The van der Waals surface area contributed by atoms with Crippen molar-refractivity contribution in [1.29, 1.82) is 5.26 Å². The number of ether oxygens (including phenoxy) is 2. The molecule has 0 aliphatic heterocycles. The van der Waals surface area contributed by atoms with Crippen LogP contribution < -0.4 is 9.47 Å². The summed E-state index contributed by atoms with van der Waals surface area (Å²) in [6, 6.07) is 4.65. The molecule has 0 aliphatic carbocycles. The van der Waals surface area contributed by atoms with E-state index in [0.29, 0.717) is 0 Å². The second-order valence-corrected chi connectivity index (χ2v) is 2.27. The van der Waals surface area contributed by atoms with Gasteiger partial charge in [-0.25, -0.2) is 0 Å². The summed E-state index contributed by atoms with van der Waals surface area (Å²) in [4.78, 5) is 0. The summed E-state index contributed by atoms with van der Waals surface area (Å²) in [5, 5.41) is 8.60. The van der Waals surface area contributed by atoms with Crippen LogP contribution in [0.3, 0.4) is 0 Å². The molecule has 0 saturated heterocycles. The van der Waals surface area contributed by atoms with E-state index in [0.717, 1.165) is 0 Å². The second-order valence-electron chi connectivity index (χ2n) is 2.27. The first-order valence-electron chi connectivity index (χ1n) is 3.55. The fraction of sp³-hybridized carbons (Fsp3) is 0.222. The first kappa shape index (κ1) is 9.33. The molecule has 0 bridgehead atoms. The second kappa shape index (κ2) is 3.76. The quantitative estimate of drug-likeness (QED) is 0.697. The molecule has 68 valence electrons. The van der Waals surface area contributed by atoms with Crippen LogP contribution in [-0.2, 0) is 0 Å². The maximum Gasteiger partial charge on any atom is 0.208 e. The lowest BCUT2D eigenvalue weighted by Gasteiger charge is -2.07. The van der Waals surface area contributed by atoms with Crippen LogP contribution in [0.2, 0.25) is 0 Å². The summed E-state index contributed by atoms with van der Waals surface area (Å²) in [7, 11) is 2.66. The Morgan fingerprint density at radius 2 is 2.00 bits per heavy atom. The molecular weight excluding hydrogens is 173 g/mol. The van der Waals surface area contributed by atoms with Crippen molar-refractivity contribution >= 4 is 0 Å². The van der Waals surface area contributed by atoms with E-state index in [1.165, 1.54) is 26.4 Å². The van der Waals surface area contributed by atoms with Gasteiger partial charge in [0.2, 0.25) is 5.82 Å². The first-order valence-corrected chi connectivity index (χ1v) is 3.55. The molecule has 0 aliphatic rings. The number of hydrogen-bond donors (Lipinski definition) is 0. The largest absolute Gasteiger partial charge is 0.494 e. The molecule has 1 aromatic rings. The zero-order valence-corrected chi connectivity index (χ0v) is 7.30. The average Bonchev–Trinajstić information content (AvgIpc) is 2.17. The van der Waals surface area contributed by atoms with Crippen molar-refractivity contribution < 1.29 is 13.9 Å². The summed E-state index contributed by atoms with van der Waals surface area (Å²) in [6.45, 7) is 0. The molecule has 0 unspecified atom stereocenters. The lowest BCUT2D eigenvalue weighted by molar-refractivity contribution is 0.349. The monoisotopic (exact) mass is 181 g/mol. The fourth-order valence-corrected chi connectivity index (χ4v) is 0.983. The van der Waals surface area contributed by atoms with Gasteiger partial charge in [0.25, 0.3) is 0 Å². The van der Waals surface area contributed by atoms with Crippen molar-refractivity contribution in [3.63, 3.8) is 0 Å². The lowest BCUT2D eigenvalue weighted by atomic mass is 10.2. The van der Waals surface area contributed by atoms with Gasteiger partial charge in [-0.05, 0) is 12.1 Å². The Labute approximate surface area is 75.3 Å². The van der Waals surface area contributed by atoms with E-state index in [4.69, 9.17) is 14.7 Å². The third-order valence-electron chi connectivity index (χ3n) is 1.61. The number of nitriles is 1. The van der Waals surface area contributed by atoms with Gasteiger partial charge in [-0.3, -0.25) is 0 Å². The Hall–Kier alpha value is -1.76. The molecule has 0 spiro atoms. The SMILES string of the molecule is COc1ccc(C#N)c(OC)c1F. The number of rotatable bonds is 2. The molecule has 0 amide bonds. The molecule has 1 aromatic carbocycles. The van der Waals surface area contributed by atoms with Gasteiger partial charge >= 0.3 is 0 Å². The molecule has 0 saturated carbocycles. The summed E-state index contributed by atoms with van der Waals surface area (Å²) in [6.07, 6.45) is 0. The number of halogens is 1. The van der Waals surface area contributed by atoms with Crippen LogP contribution in [0.5, 0.6) is 11.5 Å². The Morgan fingerprint density at radius 1 is 1.31 bits per heavy atom. The predicted octanol–water partition coefficient (Wildman–Crippen LogP) is 1.71. The van der Waals surface area contributed by atoms with Gasteiger partial charge < -0.3 is 9.47 Å². The Kier molecular flexibility index (Phi) is 2.70. The van der Waals surface area contributed by atoms with Crippen molar-refractivity contribution in [2.24, 2.45) is 0 Å². The maximum absolute atomic E-state index is 13.3. The zero-order valence-electron chi connectivity index (χ0n) is 7.30. The molecular formula is C9H8FNO2. The van der Waals surface area contributed by atoms with Gasteiger partial charge in [-0.1, -0.05) is 0 Å². The Morgan fingerprint density at radius 3 is 2.46 bits per heavy atom. The van der Waals surface area contributed by atoms with E-state index in [1.807, 2.05) is 6.07 Å². The topological polar surface area (TPSA) is 42.2 Å². The summed E-state index contributed by atoms with van der Waals surface area (Å²) in [5.74, 6) is -0.665. The highest BCUT2D eigenvalue weighted by Crippen LogP contribution is 2.29.